The lowest BCUT2D eigenvalue weighted by Gasteiger charge is -2.36. The van der Waals surface area contributed by atoms with Crippen molar-refractivity contribution in [3.05, 3.63) is 24.0 Å². The fourth-order valence-corrected chi connectivity index (χ4v) is 4.34. The van der Waals surface area contributed by atoms with Gasteiger partial charge in [-0.3, -0.25) is 19.5 Å². The Bertz CT molecular complexity index is 900. The summed E-state index contributed by atoms with van der Waals surface area (Å²) in [6.07, 6.45) is -3.50. The van der Waals surface area contributed by atoms with Gasteiger partial charge in [0.1, 0.15) is 11.9 Å². The molecule has 0 spiro atoms. The molecule has 3 aliphatic heterocycles. The van der Waals surface area contributed by atoms with Gasteiger partial charge in [-0.25, -0.2) is 23.0 Å². The standard InChI is InChI=1S/C21H25F3N4O4/c22-16-12-14(27-13-15(32-21(27)31)4-6-18(29)20(23)24)3-5-17(16)25-8-10-26-7-1-2-19(30)28(26)11-9-25/h3,5,12,15,20H,1-2,4,6-11,13H2/t15-/m0/s1. The molecule has 0 N–H and O–H groups in total. The van der Waals surface area contributed by atoms with Gasteiger partial charge >= 0.3 is 6.09 Å². The summed E-state index contributed by atoms with van der Waals surface area (Å²) in [6, 6.07) is 4.44. The highest BCUT2D eigenvalue weighted by molar-refractivity contribution is 5.90. The Balaban J connectivity index is 1.40. The predicted octanol–water partition coefficient (Wildman–Crippen LogP) is 2.42. The highest BCUT2D eigenvalue weighted by atomic mass is 19.3. The third kappa shape index (κ3) is 4.67. The number of hydrazine groups is 1. The number of fused-ring (bicyclic) bond motifs is 1. The van der Waals surface area contributed by atoms with Crippen LogP contribution in [0.3, 0.4) is 0 Å². The summed E-state index contributed by atoms with van der Waals surface area (Å²) in [5.41, 5.74) is 0.680. The van der Waals surface area contributed by atoms with Crippen LogP contribution >= 0.6 is 0 Å². The molecule has 4 rings (SSSR count). The molecule has 174 valence electrons. The van der Waals surface area contributed by atoms with Crippen molar-refractivity contribution in [1.29, 1.82) is 0 Å². The second-order valence-corrected chi connectivity index (χ2v) is 8.12. The summed E-state index contributed by atoms with van der Waals surface area (Å²) in [7, 11) is 0. The summed E-state index contributed by atoms with van der Waals surface area (Å²) in [5, 5.41) is 3.76. The number of carbonyl (C=O) groups is 3. The SMILES string of the molecule is O=C(CC[C@H]1CN(c2ccc(N3CCN4CCCC(=O)N4CC3)c(F)c2)C(=O)O1)C(F)F. The van der Waals surface area contributed by atoms with Crippen LogP contribution in [0.4, 0.5) is 29.3 Å². The monoisotopic (exact) mass is 454 g/mol. The number of ether oxygens (including phenoxy) is 1. The number of ketones is 1. The zero-order valence-corrected chi connectivity index (χ0v) is 17.5. The van der Waals surface area contributed by atoms with Crippen molar-refractivity contribution in [2.75, 3.05) is 49.1 Å². The van der Waals surface area contributed by atoms with Crippen LogP contribution in [0.5, 0.6) is 0 Å². The lowest BCUT2D eigenvalue weighted by Crippen LogP contribution is -2.50. The average molecular weight is 454 g/mol. The fraction of sp³-hybridized carbons (Fsp3) is 0.571. The Labute approximate surface area is 183 Å². The molecule has 1 aromatic rings. The maximum atomic E-state index is 15.0. The number of Topliss-reactive ketones (excluding diaryl/α,β-unsaturated/α-hetero) is 1. The van der Waals surface area contributed by atoms with E-state index < -0.39 is 30.2 Å². The van der Waals surface area contributed by atoms with Gasteiger partial charge in [0.15, 0.2) is 5.78 Å². The fourth-order valence-electron chi connectivity index (χ4n) is 4.34. The van der Waals surface area contributed by atoms with Crippen LogP contribution < -0.4 is 9.80 Å². The Morgan fingerprint density at radius 1 is 1.12 bits per heavy atom. The molecule has 0 aliphatic carbocycles. The van der Waals surface area contributed by atoms with Crippen molar-refractivity contribution in [3.8, 4) is 0 Å². The molecule has 3 saturated heterocycles. The molecule has 2 amide bonds. The first-order valence-corrected chi connectivity index (χ1v) is 10.7. The molecule has 1 aromatic carbocycles. The third-order valence-corrected chi connectivity index (χ3v) is 6.06. The van der Waals surface area contributed by atoms with Crippen molar-refractivity contribution in [2.45, 2.75) is 38.2 Å². The van der Waals surface area contributed by atoms with Crippen molar-refractivity contribution in [3.63, 3.8) is 0 Å². The Morgan fingerprint density at radius 2 is 1.91 bits per heavy atom. The summed E-state index contributed by atoms with van der Waals surface area (Å²) in [4.78, 5) is 38.5. The summed E-state index contributed by atoms with van der Waals surface area (Å²) in [5.74, 6) is -1.61. The van der Waals surface area contributed by atoms with Crippen LogP contribution in [-0.4, -0.2) is 79.6 Å². The molecular weight excluding hydrogens is 429 g/mol. The Kier molecular flexibility index (Phi) is 6.54. The van der Waals surface area contributed by atoms with Gasteiger partial charge in [-0.1, -0.05) is 0 Å². The largest absolute Gasteiger partial charge is 0.444 e. The van der Waals surface area contributed by atoms with E-state index in [1.165, 1.54) is 11.0 Å². The number of benzene rings is 1. The van der Waals surface area contributed by atoms with Crippen LogP contribution in [0.15, 0.2) is 18.2 Å². The van der Waals surface area contributed by atoms with E-state index in [-0.39, 0.29) is 25.3 Å². The number of cyclic esters (lactones) is 1. The van der Waals surface area contributed by atoms with Gasteiger partial charge in [0, 0.05) is 39.0 Å². The van der Waals surface area contributed by atoms with E-state index in [4.69, 9.17) is 4.74 Å². The molecule has 0 saturated carbocycles. The number of amides is 2. The van der Waals surface area contributed by atoms with Crippen LogP contribution in [0.1, 0.15) is 25.7 Å². The molecule has 3 fully saturated rings. The minimum Gasteiger partial charge on any atom is -0.444 e. The van der Waals surface area contributed by atoms with Crippen molar-refractivity contribution >= 4 is 29.2 Å². The molecule has 0 radical (unpaired) electrons. The van der Waals surface area contributed by atoms with E-state index in [1.54, 1.807) is 17.1 Å². The summed E-state index contributed by atoms with van der Waals surface area (Å²) >= 11 is 0. The summed E-state index contributed by atoms with van der Waals surface area (Å²) in [6.45, 7) is 3.02. The first-order valence-electron chi connectivity index (χ1n) is 10.7. The zero-order chi connectivity index (χ0) is 22.8. The van der Waals surface area contributed by atoms with Gasteiger partial charge < -0.3 is 9.64 Å². The molecule has 0 unspecified atom stereocenters. The number of halogens is 3. The highest BCUT2D eigenvalue weighted by Crippen LogP contribution is 2.29. The molecule has 11 heteroatoms. The van der Waals surface area contributed by atoms with E-state index in [2.05, 4.69) is 0 Å². The first kappa shape index (κ1) is 22.4. The molecule has 0 aromatic heterocycles. The van der Waals surface area contributed by atoms with Crippen molar-refractivity contribution < 1.29 is 32.3 Å². The average Bonchev–Trinajstić information content (AvgIpc) is 2.99. The lowest BCUT2D eigenvalue weighted by molar-refractivity contribution is -0.153. The third-order valence-electron chi connectivity index (χ3n) is 6.06. The molecule has 32 heavy (non-hydrogen) atoms. The number of alkyl halides is 2. The van der Waals surface area contributed by atoms with Gasteiger partial charge in [-0.2, -0.15) is 0 Å². The van der Waals surface area contributed by atoms with Crippen LogP contribution in [0.2, 0.25) is 0 Å². The minimum atomic E-state index is -3.04. The number of hydrogen-bond donors (Lipinski definition) is 0. The van der Waals surface area contributed by atoms with Crippen LogP contribution in [-0.2, 0) is 14.3 Å². The topological polar surface area (TPSA) is 73.4 Å². The normalized spacial score (nSPS) is 22.2. The first-order chi connectivity index (χ1) is 15.3. The lowest BCUT2D eigenvalue weighted by atomic mass is 10.1. The molecular formula is C21H25F3N4O4. The van der Waals surface area contributed by atoms with E-state index in [0.717, 1.165) is 13.0 Å². The van der Waals surface area contributed by atoms with Crippen molar-refractivity contribution in [2.24, 2.45) is 0 Å². The maximum Gasteiger partial charge on any atom is 0.414 e. The number of rotatable bonds is 6. The maximum absolute atomic E-state index is 15.0. The second kappa shape index (κ2) is 9.35. The number of nitrogens with zero attached hydrogens (tertiary/aromatic N) is 4. The Hall–Kier alpha value is -2.82. The highest BCUT2D eigenvalue weighted by Gasteiger charge is 2.34. The van der Waals surface area contributed by atoms with Gasteiger partial charge in [-0.15, -0.1) is 0 Å². The minimum absolute atomic E-state index is 0.00846. The zero-order valence-electron chi connectivity index (χ0n) is 17.5. The molecule has 0 bridgehead atoms. The quantitative estimate of drug-likeness (QED) is 0.658. The molecule has 8 nitrogen and oxygen atoms in total. The predicted molar refractivity (Wildman–Crippen MR) is 109 cm³/mol. The summed E-state index contributed by atoms with van der Waals surface area (Å²) < 4.78 is 44.8. The number of carbonyl (C=O) groups excluding carboxylic acids is 3. The van der Waals surface area contributed by atoms with Gasteiger partial charge in [0.2, 0.25) is 5.91 Å². The van der Waals surface area contributed by atoms with Crippen LogP contribution in [0, 0.1) is 5.82 Å². The van der Waals surface area contributed by atoms with Gasteiger partial charge in [0.25, 0.3) is 6.43 Å². The van der Waals surface area contributed by atoms with Crippen LogP contribution in [0.25, 0.3) is 0 Å². The molecule has 3 heterocycles. The smallest absolute Gasteiger partial charge is 0.414 e. The van der Waals surface area contributed by atoms with E-state index >= 15 is 0 Å². The van der Waals surface area contributed by atoms with E-state index in [9.17, 15) is 27.6 Å². The Morgan fingerprint density at radius 3 is 2.66 bits per heavy atom. The number of hydrogen-bond acceptors (Lipinski definition) is 6. The molecule has 3 aliphatic rings. The van der Waals surface area contributed by atoms with Gasteiger partial charge in [0.05, 0.1) is 24.5 Å². The number of anilines is 2. The second-order valence-electron chi connectivity index (χ2n) is 8.12. The molecule has 1 atom stereocenters. The van der Waals surface area contributed by atoms with E-state index in [1.807, 2.05) is 9.91 Å². The van der Waals surface area contributed by atoms with Crippen molar-refractivity contribution in [1.82, 2.24) is 10.0 Å². The van der Waals surface area contributed by atoms with E-state index in [0.29, 0.717) is 44.0 Å². The van der Waals surface area contributed by atoms with Gasteiger partial charge in [-0.05, 0) is 31.0 Å².